The van der Waals surface area contributed by atoms with Gasteiger partial charge in [-0.1, -0.05) is 42.1 Å². The Kier molecular flexibility index (Phi) is 5.91. The lowest BCUT2D eigenvalue weighted by Gasteiger charge is -2.19. The van der Waals surface area contributed by atoms with Crippen molar-refractivity contribution in [1.82, 2.24) is 19.5 Å². The Bertz CT molecular complexity index is 1260. The predicted octanol–water partition coefficient (Wildman–Crippen LogP) is 4.40. The van der Waals surface area contributed by atoms with Crippen LogP contribution in [0.25, 0.3) is 16.5 Å². The Balaban J connectivity index is 1.62. The highest BCUT2D eigenvalue weighted by atomic mass is 79.9. The van der Waals surface area contributed by atoms with Crippen molar-refractivity contribution < 1.29 is 13.2 Å². The number of fused-ring (bicyclic) bond motifs is 1. The van der Waals surface area contributed by atoms with E-state index in [0.717, 1.165) is 22.8 Å². The first-order valence-electron chi connectivity index (χ1n) is 9.89. The van der Waals surface area contributed by atoms with E-state index in [-0.39, 0.29) is 5.75 Å². The van der Waals surface area contributed by atoms with E-state index in [1.165, 1.54) is 23.8 Å². The molecule has 1 aromatic heterocycles. The molecule has 1 aliphatic carbocycles. The van der Waals surface area contributed by atoms with Gasteiger partial charge in [-0.05, 0) is 72.5 Å². The molecular formula is C21H23BrN4O3S2. The zero-order valence-corrected chi connectivity index (χ0v) is 20.6. The van der Waals surface area contributed by atoms with Crippen molar-refractivity contribution >= 4 is 54.4 Å². The monoisotopic (exact) mass is 522 g/mol. The van der Waals surface area contributed by atoms with Gasteiger partial charge in [0, 0.05) is 5.39 Å². The Morgan fingerprint density at radius 3 is 2.48 bits per heavy atom. The number of halogens is 1. The number of hydrogen-bond donors (Lipinski definition) is 1. The van der Waals surface area contributed by atoms with Crippen LogP contribution in [0.2, 0.25) is 0 Å². The maximum Gasteiger partial charge on any atom is 0.243 e. The molecule has 4 rings (SSSR count). The summed E-state index contributed by atoms with van der Waals surface area (Å²) in [6.45, 7) is 4.62. The Morgan fingerprint density at radius 1 is 1.16 bits per heavy atom. The zero-order valence-electron chi connectivity index (χ0n) is 17.4. The van der Waals surface area contributed by atoms with Gasteiger partial charge < -0.3 is 0 Å². The summed E-state index contributed by atoms with van der Waals surface area (Å²) in [6.07, 6.45) is 2.43. The fraction of sp³-hybridized carbons (Fsp3) is 0.381. The molecular weight excluding hydrogens is 500 g/mol. The molecule has 0 unspecified atom stereocenters. The third-order valence-electron chi connectivity index (χ3n) is 5.17. The number of nitrogens with zero attached hydrogens (tertiary/aromatic N) is 3. The summed E-state index contributed by atoms with van der Waals surface area (Å²) in [6, 6.07) is 12.4. The molecule has 1 N–H and O–H groups in total. The van der Waals surface area contributed by atoms with E-state index in [1.807, 2.05) is 16.7 Å². The average molecular weight is 523 g/mol. The number of sulfonamides is 1. The van der Waals surface area contributed by atoms with Gasteiger partial charge >= 0.3 is 0 Å². The zero-order chi connectivity index (χ0) is 22.4. The first kappa shape index (κ1) is 22.3. The van der Waals surface area contributed by atoms with Gasteiger partial charge in [0.15, 0.2) is 5.16 Å². The van der Waals surface area contributed by atoms with Crippen LogP contribution in [0.15, 0.2) is 46.3 Å². The van der Waals surface area contributed by atoms with Crippen molar-refractivity contribution in [2.45, 2.75) is 49.4 Å². The molecule has 164 valence electrons. The number of amides is 1. The van der Waals surface area contributed by atoms with Crippen molar-refractivity contribution in [3.8, 4) is 5.69 Å². The molecule has 1 fully saturated rings. The van der Waals surface area contributed by atoms with Crippen LogP contribution in [0.1, 0.15) is 45.1 Å². The molecule has 1 saturated carbocycles. The lowest BCUT2D eigenvalue weighted by atomic mass is 9.99. The van der Waals surface area contributed by atoms with Gasteiger partial charge in [0.25, 0.3) is 0 Å². The van der Waals surface area contributed by atoms with Crippen LogP contribution in [-0.2, 0) is 14.8 Å². The molecule has 1 aliphatic rings. The van der Waals surface area contributed by atoms with E-state index in [4.69, 9.17) is 0 Å². The largest absolute Gasteiger partial charge is 0.273 e. The molecule has 3 aromatic rings. The number of hydrogen-bond acceptors (Lipinski definition) is 6. The molecule has 0 spiro atoms. The van der Waals surface area contributed by atoms with E-state index in [1.54, 1.807) is 20.8 Å². The second-order valence-corrected chi connectivity index (χ2v) is 12.6. The Labute approximate surface area is 194 Å². The molecule has 0 radical (unpaired) electrons. The summed E-state index contributed by atoms with van der Waals surface area (Å²) < 4.78 is 27.9. The van der Waals surface area contributed by atoms with Crippen molar-refractivity contribution in [1.29, 1.82) is 0 Å². The van der Waals surface area contributed by atoms with E-state index in [9.17, 15) is 13.2 Å². The quantitative estimate of drug-likeness (QED) is 0.482. The van der Waals surface area contributed by atoms with Gasteiger partial charge in [-0.2, -0.15) is 0 Å². The normalized spacial score (nSPS) is 14.7. The second kappa shape index (κ2) is 8.22. The van der Waals surface area contributed by atoms with Crippen molar-refractivity contribution in [2.24, 2.45) is 0 Å². The lowest BCUT2D eigenvalue weighted by Crippen LogP contribution is -2.43. The highest BCUT2D eigenvalue weighted by molar-refractivity contribution is 9.10. The molecule has 0 bridgehead atoms. The van der Waals surface area contributed by atoms with Crippen LogP contribution in [0.3, 0.4) is 0 Å². The highest BCUT2D eigenvalue weighted by Gasteiger charge is 2.31. The number of benzene rings is 2. The van der Waals surface area contributed by atoms with Crippen LogP contribution >= 0.6 is 27.7 Å². The molecule has 7 nitrogen and oxygen atoms in total. The summed E-state index contributed by atoms with van der Waals surface area (Å²) >= 11 is 4.60. The number of carbonyl (C=O) groups is 1. The van der Waals surface area contributed by atoms with E-state index >= 15 is 0 Å². The first-order valence-corrected chi connectivity index (χ1v) is 13.2. The van der Waals surface area contributed by atoms with Gasteiger partial charge in [0.2, 0.25) is 20.7 Å². The molecule has 0 aliphatic heterocycles. The van der Waals surface area contributed by atoms with Crippen molar-refractivity contribution in [3.63, 3.8) is 0 Å². The number of thioether (sulfide) groups is 1. The molecule has 1 amide bonds. The maximum atomic E-state index is 12.3. The molecule has 2 aromatic carbocycles. The maximum absolute atomic E-state index is 12.3. The minimum Gasteiger partial charge on any atom is -0.273 e. The standard InChI is InChI=1S/C21H23BrN4O3S2/c1-21(2,3)31(28,29)25-18(27)12-30-20-24-23-19(22)26(20)17-11-10-14(13-8-9-13)15-6-4-5-7-16(15)17/h4-7,10-11,13H,8-9,12H2,1-3H3,(H,25,27). The number of carbonyl (C=O) groups excluding carboxylic acids is 1. The van der Waals surface area contributed by atoms with Crippen LogP contribution in [0.5, 0.6) is 0 Å². The molecule has 31 heavy (non-hydrogen) atoms. The lowest BCUT2D eigenvalue weighted by molar-refractivity contribution is -0.116. The topological polar surface area (TPSA) is 93.9 Å². The third-order valence-corrected chi connectivity index (χ3v) is 8.72. The minimum absolute atomic E-state index is 0.0987. The summed E-state index contributed by atoms with van der Waals surface area (Å²) in [4.78, 5) is 12.3. The molecule has 0 saturated heterocycles. The second-order valence-electron chi connectivity index (χ2n) is 8.51. The van der Waals surface area contributed by atoms with Crippen LogP contribution in [0.4, 0.5) is 0 Å². The molecule has 1 heterocycles. The van der Waals surface area contributed by atoms with Crippen LogP contribution in [-0.4, -0.2) is 39.6 Å². The summed E-state index contributed by atoms with van der Waals surface area (Å²) in [5.74, 6) is -0.0800. The summed E-state index contributed by atoms with van der Waals surface area (Å²) in [7, 11) is -3.76. The fourth-order valence-corrected chi connectivity index (χ4v) is 5.33. The highest BCUT2D eigenvalue weighted by Crippen LogP contribution is 2.44. The van der Waals surface area contributed by atoms with Gasteiger partial charge in [-0.3, -0.25) is 14.1 Å². The van der Waals surface area contributed by atoms with Crippen molar-refractivity contribution in [2.75, 3.05) is 5.75 Å². The fourth-order valence-electron chi connectivity index (χ4n) is 3.26. The van der Waals surface area contributed by atoms with Gasteiger partial charge in [0.1, 0.15) is 0 Å². The van der Waals surface area contributed by atoms with E-state index < -0.39 is 20.7 Å². The van der Waals surface area contributed by atoms with Crippen LogP contribution < -0.4 is 4.72 Å². The van der Waals surface area contributed by atoms with Crippen molar-refractivity contribution in [3.05, 3.63) is 46.7 Å². The van der Waals surface area contributed by atoms with Crippen LogP contribution in [0, 0.1) is 0 Å². The van der Waals surface area contributed by atoms with E-state index in [0.29, 0.717) is 15.8 Å². The SMILES string of the molecule is CC(C)(C)S(=O)(=O)NC(=O)CSc1nnc(Br)n1-c1ccc(C2CC2)c2ccccc12. The third kappa shape index (κ3) is 4.51. The number of nitrogens with one attached hydrogen (secondary N) is 1. The smallest absolute Gasteiger partial charge is 0.243 e. The summed E-state index contributed by atoms with van der Waals surface area (Å²) in [5.41, 5.74) is 2.26. The predicted molar refractivity (Wildman–Crippen MR) is 126 cm³/mol. The number of aromatic nitrogens is 3. The average Bonchev–Trinajstić information content (AvgIpc) is 3.47. The Morgan fingerprint density at radius 2 is 1.84 bits per heavy atom. The first-order chi connectivity index (χ1) is 14.6. The Hall–Kier alpha value is -1.91. The molecule has 10 heteroatoms. The summed E-state index contributed by atoms with van der Waals surface area (Å²) in [5, 5.41) is 11.1. The van der Waals surface area contributed by atoms with Gasteiger partial charge in [0.05, 0.1) is 16.2 Å². The minimum atomic E-state index is -3.76. The van der Waals surface area contributed by atoms with Gasteiger partial charge in [-0.15, -0.1) is 10.2 Å². The number of rotatable bonds is 6. The van der Waals surface area contributed by atoms with E-state index in [2.05, 4.69) is 55.1 Å². The molecule has 0 atom stereocenters. The van der Waals surface area contributed by atoms with Gasteiger partial charge in [-0.25, -0.2) is 8.42 Å².